The summed E-state index contributed by atoms with van der Waals surface area (Å²) in [5.41, 5.74) is -0.709. The quantitative estimate of drug-likeness (QED) is 0.877. The number of alkyl halides is 3. The summed E-state index contributed by atoms with van der Waals surface area (Å²) in [7, 11) is 0. The Labute approximate surface area is 147 Å². The van der Waals surface area contributed by atoms with Crippen LogP contribution >= 0.6 is 0 Å². The minimum atomic E-state index is -4.46. The van der Waals surface area contributed by atoms with Crippen LogP contribution in [0.25, 0.3) is 0 Å². The molecule has 2 heterocycles. The van der Waals surface area contributed by atoms with Crippen LogP contribution in [-0.4, -0.2) is 27.6 Å². The Balaban J connectivity index is 1.48. The second kappa shape index (κ2) is 6.30. The van der Waals surface area contributed by atoms with Gasteiger partial charge in [0.15, 0.2) is 5.82 Å². The Kier molecular flexibility index (Phi) is 4.08. The zero-order valence-corrected chi connectivity index (χ0v) is 13.8. The molecule has 1 aliphatic carbocycles. The summed E-state index contributed by atoms with van der Waals surface area (Å²) < 4.78 is 43.7. The monoisotopic (exact) mass is 366 g/mol. The molecule has 1 atom stereocenters. The number of benzene rings is 1. The second-order valence-corrected chi connectivity index (χ2v) is 6.63. The zero-order chi connectivity index (χ0) is 18.3. The van der Waals surface area contributed by atoms with Gasteiger partial charge in [-0.1, -0.05) is 11.2 Å². The SMILES string of the molecule is O=C(Nc1cccc(C(F)(F)F)c1)N1CCCC1c1nc(C2CC2)no1. The number of aromatic nitrogens is 2. The first kappa shape index (κ1) is 16.9. The van der Waals surface area contributed by atoms with Gasteiger partial charge in [0.1, 0.15) is 6.04 Å². The summed E-state index contributed by atoms with van der Waals surface area (Å²) in [6.07, 6.45) is -0.920. The van der Waals surface area contributed by atoms with Gasteiger partial charge in [0.05, 0.1) is 5.56 Å². The highest BCUT2D eigenvalue weighted by molar-refractivity contribution is 5.89. The highest BCUT2D eigenvalue weighted by atomic mass is 19.4. The molecule has 1 saturated carbocycles. The van der Waals surface area contributed by atoms with Crippen molar-refractivity contribution in [2.45, 2.75) is 43.8 Å². The lowest BCUT2D eigenvalue weighted by Gasteiger charge is -2.22. The highest BCUT2D eigenvalue weighted by Crippen LogP contribution is 2.40. The number of carbonyl (C=O) groups excluding carboxylic acids is 1. The van der Waals surface area contributed by atoms with Crippen LogP contribution < -0.4 is 5.32 Å². The number of urea groups is 1. The largest absolute Gasteiger partial charge is 0.416 e. The summed E-state index contributed by atoms with van der Waals surface area (Å²) in [6, 6.07) is 3.75. The molecule has 9 heteroatoms. The standard InChI is InChI=1S/C17H17F3N4O2/c18-17(19,20)11-3-1-4-12(9-11)21-16(25)24-8-2-5-13(24)15-22-14(23-26-15)10-6-7-10/h1,3-4,9-10,13H,2,5-8H2,(H,21,25). The third-order valence-electron chi connectivity index (χ3n) is 4.64. The van der Waals surface area contributed by atoms with Gasteiger partial charge in [-0.25, -0.2) is 4.79 Å². The number of hydrogen-bond donors (Lipinski definition) is 1. The van der Waals surface area contributed by atoms with E-state index in [1.165, 1.54) is 17.0 Å². The van der Waals surface area contributed by atoms with Crippen LogP contribution in [0.1, 0.15) is 54.9 Å². The molecule has 1 aromatic heterocycles. The van der Waals surface area contributed by atoms with E-state index in [9.17, 15) is 18.0 Å². The normalized spacial score (nSPS) is 20.4. The molecule has 2 amide bonds. The Morgan fingerprint density at radius 2 is 2.08 bits per heavy atom. The first-order valence-corrected chi connectivity index (χ1v) is 8.50. The van der Waals surface area contributed by atoms with Crippen molar-refractivity contribution in [3.05, 3.63) is 41.5 Å². The molecule has 2 aromatic rings. The number of carbonyl (C=O) groups is 1. The van der Waals surface area contributed by atoms with Crippen LogP contribution in [0.3, 0.4) is 0 Å². The van der Waals surface area contributed by atoms with Crippen LogP contribution in [0.2, 0.25) is 0 Å². The summed E-state index contributed by atoms with van der Waals surface area (Å²) >= 11 is 0. The number of nitrogens with one attached hydrogen (secondary N) is 1. The molecule has 1 aliphatic heterocycles. The second-order valence-electron chi connectivity index (χ2n) is 6.63. The van der Waals surface area contributed by atoms with Crippen molar-refractivity contribution in [2.75, 3.05) is 11.9 Å². The van der Waals surface area contributed by atoms with Crippen LogP contribution in [0.4, 0.5) is 23.7 Å². The van der Waals surface area contributed by atoms with Crippen molar-refractivity contribution in [2.24, 2.45) is 0 Å². The third kappa shape index (κ3) is 3.38. The summed E-state index contributed by atoms with van der Waals surface area (Å²) in [5.74, 6) is 1.41. The lowest BCUT2D eigenvalue weighted by molar-refractivity contribution is -0.137. The van der Waals surface area contributed by atoms with E-state index in [0.29, 0.717) is 30.6 Å². The summed E-state index contributed by atoms with van der Waals surface area (Å²) in [5, 5.41) is 6.50. The molecule has 1 N–H and O–H groups in total. The number of amides is 2. The van der Waals surface area contributed by atoms with E-state index in [0.717, 1.165) is 31.4 Å². The number of anilines is 1. The molecule has 1 unspecified atom stereocenters. The van der Waals surface area contributed by atoms with E-state index in [-0.39, 0.29) is 11.7 Å². The van der Waals surface area contributed by atoms with E-state index in [4.69, 9.17) is 4.52 Å². The zero-order valence-electron chi connectivity index (χ0n) is 13.8. The Bertz CT molecular complexity index is 816. The van der Waals surface area contributed by atoms with Crippen molar-refractivity contribution in [3.63, 3.8) is 0 Å². The van der Waals surface area contributed by atoms with Crippen molar-refractivity contribution in [3.8, 4) is 0 Å². The van der Waals surface area contributed by atoms with Crippen LogP contribution in [0, 0.1) is 0 Å². The molecule has 26 heavy (non-hydrogen) atoms. The highest BCUT2D eigenvalue weighted by Gasteiger charge is 2.36. The van der Waals surface area contributed by atoms with Gasteiger partial charge in [0.25, 0.3) is 0 Å². The molecule has 6 nitrogen and oxygen atoms in total. The molecular formula is C17H17F3N4O2. The maximum atomic E-state index is 12.8. The third-order valence-corrected chi connectivity index (χ3v) is 4.64. The van der Waals surface area contributed by atoms with Gasteiger partial charge in [-0.15, -0.1) is 0 Å². The van der Waals surface area contributed by atoms with E-state index < -0.39 is 17.8 Å². The van der Waals surface area contributed by atoms with Gasteiger partial charge < -0.3 is 14.7 Å². The van der Waals surface area contributed by atoms with Gasteiger partial charge in [0, 0.05) is 18.2 Å². The molecule has 1 aromatic carbocycles. The molecule has 0 spiro atoms. The Morgan fingerprint density at radius 1 is 1.27 bits per heavy atom. The smallest absolute Gasteiger partial charge is 0.337 e. The van der Waals surface area contributed by atoms with Gasteiger partial charge in [-0.2, -0.15) is 18.2 Å². The molecule has 0 bridgehead atoms. The lowest BCUT2D eigenvalue weighted by Crippen LogP contribution is -2.34. The first-order chi connectivity index (χ1) is 12.4. The maximum absolute atomic E-state index is 12.8. The van der Waals surface area contributed by atoms with Crippen molar-refractivity contribution >= 4 is 11.7 Å². The minimum absolute atomic E-state index is 0.0969. The van der Waals surface area contributed by atoms with Gasteiger partial charge >= 0.3 is 12.2 Å². The Hall–Kier alpha value is -2.58. The number of nitrogens with zero attached hydrogens (tertiary/aromatic N) is 3. The molecule has 4 rings (SSSR count). The van der Waals surface area contributed by atoms with Crippen LogP contribution in [0.15, 0.2) is 28.8 Å². The van der Waals surface area contributed by atoms with Crippen LogP contribution in [-0.2, 0) is 6.18 Å². The van der Waals surface area contributed by atoms with E-state index in [1.54, 1.807) is 0 Å². The van der Waals surface area contributed by atoms with Gasteiger partial charge in [0.2, 0.25) is 5.89 Å². The van der Waals surface area contributed by atoms with Crippen molar-refractivity contribution < 1.29 is 22.5 Å². The van der Waals surface area contributed by atoms with Crippen molar-refractivity contribution in [1.82, 2.24) is 15.0 Å². The van der Waals surface area contributed by atoms with E-state index >= 15 is 0 Å². The fourth-order valence-electron chi connectivity index (χ4n) is 3.13. The van der Waals surface area contributed by atoms with Crippen molar-refractivity contribution in [1.29, 1.82) is 0 Å². The predicted molar refractivity (Wildman–Crippen MR) is 85.4 cm³/mol. The summed E-state index contributed by atoms with van der Waals surface area (Å²) in [6.45, 7) is 0.483. The molecular weight excluding hydrogens is 349 g/mol. The van der Waals surface area contributed by atoms with E-state index in [1.807, 2.05) is 0 Å². The molecule has 0 radical (unpaired) electrons. The predicted octanol–water partition coefficient (Wildman–Crippen LogP) is 4.33. The Morgan fingerprint density at radius 3 is 2.81 bits per heavy atom. The average molecular weight is 366 g/mol. The number of halogens is 3. The molecule has 2 fully saturated rings. The fraction of sp³-hybridized carbons (Fsp3) is 0.471. The number of hydrogen-bond acceptors (Lipinski definition) is 4. The maximum Gasteiger partial charge on any atom is 0.416 e. The lowest BCUT2D eigenvalue weighted by atomic mass is 10.2. The average Bonchev–Trinajstić information content (AvgIpc) is 3.13. The first-order valence-electron chi connectivity index (χ1n) is 8.50. The molecule has 1 saturated heterocycles. The van der Waals surface area contributed by atoms with Gasteiger partial charge in [-0.05, 0) is 43.9 Å². The molecule has 2 aliphatic rings. The fourth-order valence-corrected chi connectivity index (χ4v) is 3.13. The topological polar surface area (TPSA) is 71.3 Å². The number of likely N-dealkylation sites (tertiary alicyclic amines) is 1. The molecule has 138 valence electrons. The van der Waals surface area contributed by atoms with E-state index in [2.05, 4.69) is 15.5 Å². The van der Waals surface area contributed by atoms with Crippen LogP contribution in [0.5, 0.6) is 0 Å². The number of rotatable bonds is 3. The minimum Gasteiger partial charge on any atom is -0.337 e. The summed E-state index contributed by atoms with van der Waals surface area (Å²) in [4.78, 5) is 18.5. The van der Waals surface area contributed by atoms with Gasteiger partial charge in [-0.3, -0.25) is 0 Å².